The van der Waals surface area contributed by atoms with Crippen LogP contribution in [-0.4, -0.2) is 30.1 Å². The summed E-state index contributed by atoms with van der Waals surface area (Å²) in [6.07, 6.45) is 2.49. The quantitative estimate of drug-likeness (QED) is 0.824. The third-order valence-corrected chi connectivity index (χ3v) is 3.44. The van der Waals surface area contributed by atoms with Gasteiger partial charge in [0.25, 0.3) is 0 Å². The van der Waals surface area contributed by atoms with Gasteiger partial charge in [0, 0.05) is 18.7 Å². The second-order valence-corrected chi connectivity index (χ2v) is 5.22. The number of para-hydroxylation sites is 1. The molecule has 0 saturated carbocycles. The van der Waals surface area contributed by atoms with Crippen LogP contribution in [0, 0.1) is 0 Å². The van der Waals surface area contributed by atoms with Crippen molar-refractivity contribution < 1.29 is 9.90 Å². The van der Waals surface area contributed by atoms with Gasteiger partial charge in [-0.3, -0.25) is 4.79 Å². The molecule has 2 rings (SSSR count). The number of carbonyl (C=O) groups is 1. The SMILES string of the molecule is CC1(O)CCCN(c2c(Cl)cccc2C=O)C1. The summed E-state index contributed by atoms with van der Waals surface area (Å²) in [5, 5.41) is 10.6. The van der Waals surface area contributed by atoms with Crippen LogP contribution < -0.4 is 4.90 Å². The normalized spacial score (nSPS) is 24.8. The van der Waals surface area contributed by atoms with Gasteiger partial charge in [0.15, 0.2) is 6.29 Å². The van der Waals surface area contributed by atoms with Crippen LogP contribution in [0.5, 0.6) is 0 Å². The summed E-state index contributed by atoms with van der Waals surface area (Å²) < 4.78 is 0. The molecular formula is C13H16ClNO2. The molecular weight excluding hydrogens is 238 g/mol. The first kappa shape index (κ1) is 12.4. The fourth-order valence-corrected chi connectivity index (χ4v) is 2.67. The topological polar surface area (TPSA) is 40.5 Å². The molecule has 1 heterocycles. The zero-order valence-electron chi connectivity index (χ0n) is 9.82. The zero-order valence-corrected chi connectivity index (χ0v) is 10.6. The monoisotopic (exact) mass is 253 g/mol. The molecule has 92 valence electrons. The van der Waals surface area contributed by atoms with Gasteiger partial charge in [-0.1, -0.05) is 17.7 Å². The zero-order chi connectivity index (χ0) is 12.5. The third-order valence-electron chi connectivity index (χ3n) is 3.14. The van der Waals surface area contributed by atoms with Crippen LogP contribution in [0.4, 0.5) is 5.69 Å². The number of carbonyl (C=O) groups excluding carboxylic acids is 1. The predicted molar refractivity (Wildman–Crippen MR) is 68.9 cm³/mol. The number of nitrogens with zero attached hydrogens (tertiary/aromatic N) is 1. The smallest absolute Gasteiger partial charge is 0.152 e. The van der Waals surface area contributed by atoms with Crippen molar-refractivity contribution in [1.82, 2.24) is 0 Å². The first-order chi connectivity index (χ1) is 8.03. The van der Waals surface area contributed by atoms with Gasteiger partial charge in [0.2, 0.25) is 0 Å². The first-order valence-corrected chi connectivity index (χ1v) is 6.12. The van der Waals surface area contributed by atoms with E-state index >= 15 is 0 Å². The molecule has 1 aliphatic rings. The largest absolute Gasteiger partial charge is 0.388 e. The first-order valence-electron chi connectivity index (χ1n) is 5.74. The van der Waals surface area contributed by atoms with Crippen molar-refractivity contribution >= 4 is 23.6 Å². The summed E-state index contributed by atoms with van der Waals surface area (Å²) in [4.78, 5) is 13.0. The summed E-state index contributed by atoms with van der Waals surface area (Å²) in [6.45, 7) is 3.15. The van der Waals surface area contributed by atoms with Crippen LogP contribution >= 0.6 is 11.6 Å². The second kappa shape index (κ2) is 4.67. The van der Waals surface area contributed by atoms with Crippen molar-refractivity contribution in [3.63, 3.8) is 0 Å². The molecule has 0 bridgehead atoms. The number of β-amino-alcohol motifs (C(OH)–C–C–N with tert-alkyl or cyclic N) is 1. The van der Waals surface area contributed by atoms with E-state index in [1.165, 1.54) is 0 Å². The molecule has 0 radical (unpaired) electrons. The minimum atomic E-state index is -0.711. The highest BCUT2D eigenvalue weighted by molar-refractivity contribution is 6.33. The van der Waals surface area contributed by atoms with Gasteiger partial charge >= 0.3 is 0 Å². The van der Waals surface area contributed by atoms with Crippen LogP contribution in [-0.2, 0) is 0 Å². The molecule has 1 fully saturated rings. The van der Waals surface area contributed by atoms with Gasteiger partial charge in [-0.2, -0.15) is 0 Å². The summed E-state index contributed by atoms with van der Waals surface area (Å²) in [5.41, 5.74) is 0.608. The molecule has 1 aromatic carbocycles. The van der Waals surface area contributed by atoms with Crippen molar-refractivity contribution in [3.05, 3.63) is 28.8 Å². The van der Waals surface area contributed by atoms with Gasteiger partial charge < -0.3 is 10.0 Å². The molecule has 1 saturated heterocycles. The Labute approximate surface area is 106 Å². The number of hydrogen-bond donors (Lipinski definition) is 1. The van der Waals surface area contributed by atoms with E-state index < -0.39 is 5.60 Å². The second-order valence-electron chi connectivity index (χ2n) is 4.82. The fourth-order valence-electron chi connectivity index (χ4n) is 2.37. The standard InChI is InChI=1S/C13H16ClNO2/c1-13(17)6-3-7-15(9-13)12-10(8-16)4-2-5-11(12)14/h2,4-5,8,17H,3,6-7,9H2,1H3. The molecule has 1 atom stereocenters. The molecule has 0 aromatic heterocycles. The molecule has 0 aliphatic carbocycles. The number of anilines is 1. The average Bonchev–Trinajstić information content (AvgIpc) is 2.27. The third kappa shape index (κ3) is 2.61. The lowest BCUT2D eigenvalue weighted by Gasteiger charge is -2.39. The Morgan fingerprint density at radius 1 is 1.53 bits per heavy atom. The number of halogens is 1. The molecule has 0 spiro atoms. The number of piperidine rings is 1. The summed E-state index contributed by atoms with van der Waals surface area (Å²) in [5.74, 6) is 0. The lowest BCUT2D eigenvalue weighted by Crippen LogP contribution is -2.46. The van der Waals surface area contributed by atoms with E-state index in [2.05, 4.69) is 0 Å². The maximum atomic E-state index is 11.0. The molecule has 4 heteroatoms. The van der Waals surface area contributed by atoms with Crippen LogP contribution in [0.1, 0.15) is 30.1 Å². The summed E-state index contributed by atoms with van der Waals surface area (Å²) in [6, 6.07) is 5.28. The minimum absolute atomic E-state index is 0.511. The Bertz CT molecular complexity index is 431. The number of benzene rings is 1. The fraction of sp³-hybridized carbons (Fsp3) is 0.462. The van der Waals surface area contributed by atoms with Crippen molar-refractivity contribution in [2.75, 3.05) is 18.0 Å². The van der Waals surface area contributed by atoms with Gasteiger partial charge in [-0.25, -0.2) is 0 Å². The van der Waals surface area contributed by atoms with E-state index in [9.17, 15) is 9.90 Å². The molecule has 1 unspecified atom stereocenters. The summed E-state index contributed by atoms with van der Waals surface area (Å²) >= 11 is 6.15. The number of rotatable bonds is 2. The minimum Gasteiger partial charge on any atom is -0.388 e. The molecule has 1 aromatic rings. The maximum absolute atomic E-state index is 11.0. The van der Waals surface area contributed by atoms with E-state index in [0.29, 0.717) is 17.1 Å². The van der Waals surface area contributed by atoms with E-state index in [1.807, 2.05) is 11.8 Å². The molecule has 0 amide bonds. The van der Waals surface area contributed by atoms with Crippen LogP contribution in [0.15, 0.2) is 18.2 Å². The predicted octanol–water partition coefficient (Wildman–Crippen LogP) is 2.50. The van der Waals surface area contributed by atoms with Crippen LogP contribution in [0.25, 0.3) is 0 Å². The van der Waals surface area contributed by atoms with Gasteiger partial charge in [-0.05, 0) is 31.9 Å². The Balaban J connectivity index is 2.36. The lowest BCUT2D eigenvalue weighted by molar-refractivity contribution is 0.0449. The number of aliphatic hydroxyl groups is 1. The Hall–Kier alpha value is -1.06. The lowest BCUT2D eigenvalue weighted by atomic mass is 9.94. The molecule has 3 nitrogen and oxygen atoms in total. The Morgan fingerprint density at radius 3 is 2.94 bits per heavy atom. The van der Waals surface area contributed by atoms with Crippen molar-refractivity contribution in [2.45, 2.75) is 25.4 Å². The number of hydrogen-bond acceptors (Lipinski definition) is 3. The van der Waals surface area contributed by atoms with Crippen molar-refractivity contribution in [2.24, 2.45) is 0 Å². The molecule has 1 aliphatic heterocycles. The van der Waals surface area contributed by atoms with Crippen molar-refractivity contribution in [1.29, 1.82) is 0 Å². The molecule has 1 N–H and O–H groups in total. The van der Waals surface area contributed by atoms with E-state index in [1.54, 1.807) is 18.2 Å². The average molecular weight is 254 g/mol. The van der Waals surface area contributed by atoms with Gasteiger partial charge in [0.05, 0.1) is 16.3 Å². The van der Waals surface area contributed by atoms with E-state index in [-0.39, 0.29) is 0 Å². The van der Waals surface area contributed by atoms with Gasteiger partial charge in [-0.15, -0.1) is 0 Å². The highest BCUT2D eigenvalue weighted by Gasteiger charge is 2.30. The Morgan fingerprint density at radius 2 is 2.29 bits per heavy atom. The van der Waals surface area contributed by atoms with Crippen LogP contribution in [0.3, 0.4) is 0 Å². The van der Waals surface area contributed by atoms with Crippen molar-refractivity contribution in [3.8, 4) is 0 Å². The van der Waals surface area contributed by atoms with E-state index in [4.69, 9.17) is 11.6 Å². The number of aldehydes is 1. The van der Waals surface area contributed by atoms with Crippen LogP contribution in [0.2, 0.25) is 5.02 Å². The highest BCUT2D eigenvalue weighted by atomic mass is 35.5. The Kier molecular flexibility index (Phi) is 3.40. The molecule has 17 heavy (non-hydrogen) atoms. The maximum Gasteiger partial charge on any atom is 0.152 e. The van der Waals surface area contributed by atoms with Gasteiger partial charge in [0.1, 0.15) is 0 Å². The highest BCUT2D eigenvalue weighted by Crippen LogP contribution is 2.33. The van der Waals surface area contributed by atoms with E-state index in [0.717, 1.165) is 31.4 Å². The summed E-state index contributed by atoms with van der Waals surface area (Å²) in [7, 11) is 0.